The van der Waals surface area contributed by atoms with Gasteiger partial charge in [0, 0.05) is 23.5 Å². The summed E-state index contributed by atoms with van der Waals surface area (Å²) in [7, 11) is 0. The minimum atomic E-state index is 0.209. The molecule has 1 rings (SSSR count). The Morgan fingerprint density at radius 3 is 2.75 bits per heavy atom. The van der Waals surface area contributed by atoms with Gasteiger partial charge in [0.15, 0.2) is 0 Å². The van der Waals surface area contributed by atoms with Gasteiger partial charge in [0.25, 0.3) is 0 Å². The summed E-state index contributed by atoms with van der Waals surface area (Å²) in [5.74, 6) is 3.64. The number of terminal acetylenes is 1. The molecule has 0 aromatic carbocycles. The zero-order valence-electron chi connectivity index (χ0n) is 7.46. The smallest absolute Gasteiger partial charge is 0.0246 e. The molecule has 1 nitrogen and oxygen atoms in total. The summed E-state index contributed by atoms with van der Waals surface area (Å²) < 4.78 is 0. The molecule has 1 fully saturated rings. The molecular formula is C10H17NS. The Morgan fingerprint density at radius 1 is 1.50 bits per heavy atom. The first kappa shape index (κ1) is 9.95. The van der Waals surface area contributed by atoms with Crippen molar-refractivity contribution in [3.05, 3.63) is 0 Å². The van der Waals surface area contributed by atoms with Crippen LogP contribution < -0.4 is 5.73 Å². The van der Waals surface area contributed by atoms with Crippen molar-refractivity contribution in [2.75, 3.05) is 5.75 Å². The Hall–Kier alpha value is -0.130. The molecule has 12 heavy (non-hydrogen) atoms. The van der Waals surface area contributed by atoms with E-state index >= 15 is 0 Å². The van der Waals surface area contributed by atoms with E-state index in [1.54, 1.807) is 0 Å². The van der Waals surface area contributed by atoms with Gasteiger partial charge in [0.1, 0.15) is 0 Å². The predicted molar refractivity (Wildman–Crippen MR) is 56.1 cm³/mol. The van der Waals surface area contributed by atoms with Crippen LogP contribution in [0.3, 0.4) is 0 Å². The van der Waals surface area contributed by atoms with Gasteiger partial charge in [-0.3, -0.25) is 0 Å². The summed E-state index contributed by atoms with van der Waals surface area (Å²) >= 11 is 2.01. The molecule has 0 saturated heterocycles. The van der Waals surface area contributed by atoms with Crippen molar-refractivity contribution in [3.63, 3.8) is 0 Å². The molecule has 0 aromatic rings. The van der Waals surface area contributed by atoms with Crippen LogP contribution in [0.1, 0.15) is 32.1 Å². The van der Waals surface area contributed by atoms with E-state index in [-0.39, 0.29) is 6.04 Å². The average molecular weight is 183 g/mol. The number of hydrogen-bond donors (Lipinski definition) is 1. The molecule has 1 saturated carbocycles. The second-order valence-electron chi connectivity index (χ2n) is 3.41. The van der Waals surface area contributed by atoms with Crippen molar-refractivity contribution in [3.8, 4) is 12.3 Å². The number of hydrogen-bond acceptors (Lipinski definition) is 2. The SMILES string of the molecule is C#CCC(N)CSC1CCCC1. The lowest BCUT2D eigenvalue weighted by molar-refractivity contribution is 0.777. The van der Waals surface area contributed by atoms with E-state index in [2.05, 4.69) is 5.92 Å². The van der Waals surface area contributed by atoms with Gasteiger partial charge < -0.3 is 5.73 Å². The monoisotopic (exact) mass is 183 g/mol. The highest BCUT2D eigenvalue weighted by Crippen LogP contribution is 2.29. The van der Waals surface area contributed by atoms with Crippen LogP contribution in [0.25, 0.3) is 0 Å². The Balaban J connectivity index is 2.04. The maximum absolute atomic E-state index is 5.80. The molecule has 1 atom stereocenters. The van der Waals surface area contributed by atoms with Crippen LogP contribution in [0.2, 0.25) is 0 Å². The fraction of sp³-hybridized carbons (Fsp3) is 0.800. The van der Waals surface area contributed by atoms with Crippen LogP contribution in [-0.4, -0.2) is 17.0 Å². The molecule has 0 spiro atoms. The third kappa shape index (κ3) is 3.51. The minimum absolute atomic E-state index is 0.209. The van der Waals surface area contributed by atoms with E-state index in [0.29, 0.717) is 0 Å². The number of nitrogens with two attached hydrogens (primary N) is 1. The molecule has 0 heterocycles. The van der Waals surface area contributed by atoms with Crippen LogP contribution >= 0.6 is 11.8 Å². The molecule has 2 heteroatoms. The standard InChI is InChI=1S/C10H17NS/c1-2-5-9(11)8-12-10-6-3-4-7-10/h1,9-10H,3-8,11H2. The van der Waals surface area contributed by atoms with E-state index in [1.807, 2.05) is 11.8 Å². The zero-order valence-corrected chi connectivity index (χ0v) is 8.28. The Bertz CT molecular complexity index is 156. The van der Waals surface area contributed by atoms with Gasteiger partial charge in [0.05, 0.1) is 0 Å². The molecule has 1 unspecified atom stereocenters. The highest BCUT2D eigenvalue weighted by atomic mass is 32.2. The summed E-state index contributed by atoms with van der Waals surface area (Å²) in [5.41, 5.74) is 5.80. The molecule has 0 aromatic heterocycles. The number of thioether (sulfide) groups is 1. The lowest BCUT2D eigenvalue weighted by atomic mass is 10.3. The van der Waals surface area contributed by atoms with Gasteiger partial charge in [-0.2, -0.15) is 11.8 Å². The molecule has 1 aliphatic rings. The largest absolute Gasteiger partial charge is 0.326 e. The lowest BCUT2D eigenvalue weighted by Gasteiger charge is -2.11. The second-order valence-corrected chi connectivity index (χ2v) is 4.74. The van der Waals surface area contributed by atoms with Gasteiger partial charge >= 0.3 is 0 Å². The molecule has 68 valence electrons. The quantitative estimate of drug-likeness (QED) is 0.675. The fourth-order valence-electron chi connectivity index (χ4n) is 1.53. The molecule has 1 aliphatic carbocycles. The van der Waals surface area contributed by atoms with Gasteiger partial charge in [-0.1, -0.05) is 12.8 Å². The average Bonchev–Trinajstić information content (AvgIpc) is 2.53. The van der Waals surface area contributed by atoms with Gasteiger partial charge in [-0.15, -0.1) is 12.3 Å². The van der Waals surface area contributed by atoms with Crippen molar-refractivity contribution >= 4 is 11.8 Å². The van der Waals surface area contributed by atoms with E-state index in [9.17, 15) is 0 Å². The van der Waals surface area contributed by atoms with Crippen molar-refractivity contribution < 1.29 is 0 Å². The fourth-order valence-corrected chi connectivity index (χ4v) is 2.83. The predicted octanol–water partition coefficient (Wildman–Crippen LogP) is 2.01. The van der Waals surface area contributed by atoms with Gasteiger partial charge in [0.2, 0.25) is 0 Å². The zero-order chi connectivity index (χ0) is 8.81. The summed E-state index contributed by atoms with van der Waals surface area (Å²) in [5, 5.41) is 0.869. The first-order chi connectivity index (χ1) is 5.83. The molecular weight excluding hydrogens is 166 g/mol. The Morgan fingerprint density at radius 2 is 2.17 bits per heavy atom. The third-order valence-corrected chi connectivity index (χ3v) is 3.79. The van der Waals surface area contributed by atoms with Crippen LogP contribution in [0.5, 0.6) is 0 Å². The second kappa shape index (κ2) is 5.50. The Kier molecular flexibility index (Phi) is 4.57. The molecule has 0 aliphatic heterocycles. The highest BCUT2D eigenvalue weighted by molar-refractivity contribution is 7.99. The lowest BCUT2D eigenvalue weighted by Crippen LogP contribution is -2.23. The van der Waals surface area contributed by atoms with E-state index < -0.39 is 0 Å². The Labute approximate surface area is 79.5 Å². The van der Waals surface area contributed by atoms with Crippen molar-refractivity contribution in [2.24, 2.45) is 5.73 Å². The maximum Gasteiger partial charge on any atom is 0.0246 e. The summed E-state index contributed by atoms with van der Waals surface area (Å²) in [4.78, 5) is 0. The van der Waals surface area contributed by atoms with Crippen LogP contribution in [-0.2, 0) is 0 Å². The highest BCUT2D eigenvalue weighted by Gasteiger charge is 2.15. The van der Waals surface area contributed by atoms with Crippen molar-refractivity contribution in [1.29, 1.82) is 0 Å². The molecule has 0 radical (unpaired) electrons. The minimum Gasteiger partial charge on any atom is -0.326 e. The topological polar surface area (TPSA) is 26.0 Å². The molecule has 2 N–H and O–H groups in total. The molecule has 0 amide bonds. The van der Waals surface area contributed by atoms with Gasteiger partial charge in [-0.25, -0.2) is 0 Å². The molecule has 0 bridgehead atoms. The normalized spacial score (nSPS) is 20.7. The van der Waals surface area contributed by atoms with Crippen LogP contribution in [0, 0.1) is 12.3 Å². The van der Waals surface area contributed by atoms with Crippen LogP contribution in [0.4, 0.5) is 0 Å². The maximum atomic E-state index is 5.80. The first-order valence-corrected chi connectivity index (χ1v) is 5.68. The van der Waals surface area contributed by atoms with E-state index in [0.717, 1.165) is 17.4 Å². The van der Waals surface area contributed by atoms with Gasteiger partial charge in [-0.05, 0) is 12.8 Å². The van der Waals surface area contributed by atoms with Crippen LogP contribution in [0.15, 0.2) is 0 Å². The third-order valence-electron chi connectivity index (χ3n) is 2.23. The summed E-state index contributed by atoms with van der Waals surface area (Å²) in [6.45, 7) is 0. The summed E-state index contributed by atoms with van der Waals surface area (Å²) in [6.07, 6.45) is 11.5. The first-order valence-electron chi connectivity index (χ1n) is 4.63. The van der Waals surface area contributed by atoms with E-state index in [1.165, 1.54) is 25.7 Å². The van der Waals surface area contributed by atoms with Crippen molar-refractivity contribution in [2.45, 2.75) is 43.4 Å². The summed E-state index contributed by atoms with van der Waals surface area (Å²) in [6, 6.07) is 0.209. The number of rotatable bonds is 4. The van der Waals surface area contributed by atoms with E-state index in [4.69, 9.17) is 12.2 Å². The van der Waals surface area contributed by atoms with Crippen molar-refractivity contribution in [1.82, 2.24) is 0 Å².